The summed E-state index contributed by atoms with van der Waals surface area (Å²) in [7, 11) is -3.45. The van der Waals surface area contributed by atoms with E-state index >= 15 is 0 Å². The van der Waals surface area contributed by atoms with Crippen LogP contribution in [0, 0.1) is 26.3 Å². The van der Waals surface area contributed by atoms with Gasteiger partial charge in [0.15, 0.2) is 28.5 Å². The van der Waals surface area contributed by atoms with E-state index < -0.39 is 22.3 Å². The summed E-state index contributed by atoms with van der Waals surface area (Å²) in [5.74, 6) is 0.0292. The molecule has 0 spiro atoms. The zero-order valence-electron chi connectivity index (χ0n) is 51.9. The third-order valence-corrected chi connectivity index (χ3v) is 16.6. The van der Waals surface area contributed by atoms with E-state index in [1.807, 2.05) is 60.7 Å². The Kier molecular flexibility index (Phi) is 34.1. The average molecular weight is 1380 g/mol. The van der Waals surface area contributed by atoms with E-state index in [2.05, 4.69) is 82.7 Å². The van der Waals surface area contributed by atoms with Gasteiger partial charge in [0.25, 0.3) is 10.1 Å². The van der Waals surface area contributed by atoms with Crippen LogP contribution in [0.4, 0.5) is 34.1 Å². The Balaban J connectivity index is 0.000000416. The number of carbonyl (C=O) groups excluding carboxylic acids is 1. The predicted octanol–water partition coefficient (Wildman–Crippen LogP) is 17.0. The molecule has 471 valence electrons. The molecule has 2 aliphatic heterocycles. The van der Waals surface area contributed by atoms with Gasteiger partial charge < -0.3 is 21.6 Å². The Morgan fingerprint density at radius 3 is 1.34 bits per heavy atom. The summed E-state index contributed by atoms with van der Waals surface area (Å²) in [6.45, 7) is 39.6. The first-order valence-corrected chi connectivity index (χ1v) is 32.0. The molecule has 8 aromatic rings. The SMILES string of the molecule is C.Clc1ccc([C@@H]2CNCCN2c2ccc(Cl)cc2Cl)cc1.[B].[C-]#[N+]c1ccc(C(C)=O)cc1.[C-]#[N+]c1ccc(C(C)N2CCN(c3ccc(Cl)cc3Cl)[C@H](c3ccc(Cl)cc3)C2)cc1.[C-]#[N+]c1ccc(C(C)O)cc1.[C-]#[N+]c1ccc(C(C)OS(C)(=O)=O)cc1.[H-].[Na+]. The van der Waals surface area contributed by atoms with E-state index in [4.69, 9.17) is 105 Å². The molecule has 0 saturated carbocycles. The van der Waals surface area contributed by atoms with E-state index in [1.54, 1.807) is 98.8 Å². The number of hydrogen-bond acceptors (Lipinski definition) is 9. The molecule has 8 aromatic carbocycles. The van der Waals surface area contributed by atoms with Gasteiger partial charge in [0.1, 0.15) is 0 Å². The molecule has 3 unspecified atom stereocenters. The maximum atomic E-state index is 10.9. The fourth-order valence-electron chi connectivity index (χ4n) is 9.59. The van der Waals surface area contributed by atoms with Crippen LogP contribution in [0.15, 0.2) is 182 Å². The van der Waals surface area contributed by atoms with Crippen molar-refractivity contribution in [3.63, 3.8) is 0 Å². The van der Waals surface area contributed by atoms with Crippen LogP contribution in [0.1, 0.15) is 105 Å². The van der Waals surface area contributed by atoms with Crippen LogP contribution in [-0.4, -0.2) is 78.1 Å². The van der Waals surface area contributed by atoms with Gasteiger partial charge in [0.2, 0.25) is 0 Å². The van der Waals surface area contributed by atoms with Crippen LogP contribution in [0.2, 0.25) is 30.1 Å². The molecule has 92 heavy (non-hydrogen) atoms. The van der Waals surface area contributed by atoms with E-state index in [0.29, 0.717) is 48.4 Å². The Labute approximate surface area is 598 Å². The van der Waals surface area contributed by atoms with Gasteiger partial charge in [0.05, 0.1) is 78.3 Å². The van der Waals surface area contributed by atoms with Gasteiger partial charge in [0, 0.05) is 79.4 Å². The van der Waals surface area contributed by atoms with Crippen LogP contribution in [0.3, 0.4) is 0 Å². The standard InChI is InChI=1S/C25H22Cl3N3.C16H15Cl3N2.C10H11NO3S.C9H9NO.C9H7NO.CH4.B.Na.H/c1-17(18-5-10-22(29-2)11-6-18)30-13-14-31(24-12-9-21(27)15-23(24)28)25(16-30)19-3-7-20(26)8-4-19;17-12-3-1-11(2-4-12)16-10-20-7-8-21(16)15-6-5-13(18)9-14(15)19;1-8(14-15(3,12)13)9-4-6-10(11-2)7-5-9;2*1-7(11)8-3-5-9(10-2)6-4-8;;;;/h3-12,15,17,25H,13-14,16H2,1H3;1-6,9,16,20H,7-8,10H2;4-8H,1,3H3;3-7,11H,1H3;3-6H,1H3;1H4;;;/q;;;;;;;+1;-1/t17?,25-;16-;;;;;;;/m00......./s1. The number of piperazine rings is 2. The Morgan fingerprint density at radius 2 is 0.946 bits per heavy atom. The van der Waals surface area contributed by atoms with Crippen molar-refractivity contribution in [2.45, 2.75) is 65.5 Å². The first-order chi connectivity index (χ1) is 42.5. The van der Waals surface area contributed by atoms with Crippen LogP contribution in [-0.2, 0) is 14.3 Å². The second-order valence-electron chi connectivity index (χ2n) is 20.5. The average Bonchev–Trinajstić information content (AvgIpc) is 0.818. The molecule has 2 saturated heterocycles. The summed E-state index contributed by atoms with van der Waals surface area (Å²) >= 11 is 37.2. The third-order valence-electron chi connectivity index (χ3n) is 14.4. The number of rotatable bonds is 11. The Bertz CT molecular complexity index is 3940. The monoisotopic (exact) mass is 1380 g/mol. The fourth-order valence-corrected chi connectivity index (χ4v) is 11.5. The molecular formula is C70H69BCl6N8NaO5S. The number of Topliss-reactive ketones (excluding diaryl/α,β-unsaturated/α-hetero) is 1. The van der Waals surface area contributed by atoms with E-state index in [9.17, 15) is 13.2 Å². The molecule has 10 rings (SSSR count). The smallest absolute Gasteiger partial charge is 1.00 e. The van der Waals surface area contributed by atoms with Gasteiger partial charge in [-0.15, -0.1) is 0 Å². The summed E-state index contributed by atoms with van der Waals surface area (Å²) < 4.78 is 26.5. The first kappa shape index (κ1) is 79.8. The molecule has 2 fully saturated rings. The number of carbonyl (C=O) groups is 1. The van der Waals surface area contributed by atoms with E-state index in [-0.39, 0.29) is 70.7 Å². The molecule has 2 N–H and O–H groups in total. The largest absolute Gasteiger partial charge is 1.00 e. The third kappa shape index (κ3) is 24.5. The van der Waals surface area contributed by atoms with Crippen molar-refractivity contribution in [3.8, 4) is 0 Å². The van der Waals surface area contributed by atoms with Gasteiger partial charge in [-0.3, -0.25) is 13.9 Å². The molecular weight excluding hydrogens is 1310 g/mol. The Hall–Kier alpha value is -6.42. The minimum absolute atomic E-state index is 0. The van der Waals surface area contributed by atoms with Crippen LogP contribution in [0.25, 0.3) is 19.4 Å². The molecule has 5 atom stereocenters. The van der Waals surface area contributed by atoms with Crippen molar-refractivity contribution in [1.82, 2.24) is 10.2 Å². The van der Waals surface area contributed by atoms with Gasteiger partial charge in [-0.2, -0.15) is 8.42 Å². The molecule has 2 aliphatic rings. The minimum Gasteiger partial charge on any atom is -1.00 e. The minimum atomic E-state index is -3.45. The summed E-state index contributed by atoms with van der Waals surface area (Å²) in [5.41, 5.74) is 10.2. The second-order valence-corrected chi connectivity index (χ2v) is 24.7. The topological polar surface area (TPSA) is 120 Å². The van der Waals surface area contributed by atoms with E-state index in [0.717, 1.165) is 78.1 Å². The van der Waals surface area contributed by atoms with Crippen molar-refractivity contribution in [3.05, 3.63) is 291 Å². The number of ketones is 1. The number of anilines is 2. The van der Waals surface area contributed by atoms with Crippen molar-refractivity contribution >= 4 is 128 Å². The summed E-state index contributed by atoms with van der Waals surface area (Å²) in [6, 6.07) is 56.0. The number of nitrogens with zero attached hydrogens (tertiary/aromatic N) is 7. The molecule has 2 heterocycles. The van der Waals surface area contributed by atoms with Crippen LogP contribution in [0.5, 0.6) is 0 Å². The van der Waals surface area contributed by atoms with Gasteiger partial charge >= 0.3 is 29.6 Å². The molecule has 0 aliphatic carbocycles. The first-order valence-electron chi connectivity index (χ1n) is 27.9. The Morgan fingerprint density at radius 1 is 0.565 bits per heavy atom. The zero-order chi connectivity index (χ0) is 64.8. The maximum absolute atomic E-state index is 10.9. The van der Waals surface area contributed by atoms with Crippen molar-refractivity contribution in [2.75, 3.05) is 55.3 Å². The van der Waals surface area contributed by atoms with Gasteiger partial charge in [-0.05, 0) is 116 Å². The number of nitrogens with one attached hydrogen (secondary N) is 1. The molecule has 0 amide bonds. The summed E-state index contributed by atoms with van der Waals surface area (Å²) in [6.07, 6.45) is 0.0337. The second kappa shape index (κ2) is 39.3. The van der Waals surface area contributed by atoms with Crippen molar-refractivity contribution in [1.29, 1.82) is 0 Å². The fraction of sp³-hybridized carbons (Fsp3) is 0.243. The molecule has 0 bridgehead atoms. The van der Waals surface area contributed by atoms with Crippen LogP contribution >= 0.6 is 69.6 Å². The zero-order valence-corrected chi connectivity index (χ0v) is 58.3. The number of aliphatic hydroxyl groups is 1. The van der Waals surface area contributed by atoms with Crippen LogP contribution < -0.4 is 44.7 Å². The van der Waals surface area contributed by atoms with E-state index in [1.165, 1.54) is 23.6 Å². The molecule has 3 radical (unpaired) electrons. The van der Waals surface area contributed by atoms with Gasteiger partial charge in [-0.1, -0.05) is 198 Å². The summed E-state index contributed by atoms with van der Waals surface area (Å²) in [5, 5.41) is 16.6. The predicted molar refractivity (Wildman–Crippen MR) is 378 cm³/mol. The number of halogens is 6. The normalized spacial score (nSPS) is 15.0. The van der Waals surface area contributed by atoms with Gasteiger partial charge in [-0.25, -0.2) is 19.4 Å². The molecule has 22 heteroatoms. The quantitative estimate of drug-likeness (QED) is 0.0565. The van der Waals surface area contributed by atoms with Crippen molar-refractivity contribution < 1.29 is 53.5 Å². The molecule has 13 nitrogen and oxygen atoms in total. The number of benzene rings is 8. The molecule has 0 aromatic heterocycles. The van der Waals surface area contributed by atoms with Crippen molar-refractivity contribution in [2.24, 2.45) is 0 Å². The number of aliphatic hydroxyl groups excluding tert-OH is 1. The summed E-state index contributed by atoms with van der Waals surface area (Å²) in [4.78, 5) is 31.1. The number of hydrogen-bond donors (Lipinski definition) is 2. The maximum Gasteiger partial charge on any atom is 1.00 e.